The number of anilines is 2. The molecule has 0 bridgehead atoms. The van der Waals surface area contributed by atoms with Gasteiger partial charge in [-0.15, -0.1) is 0 Å². The molecule has 0 atom stereocenters. The number of carbonyl (C=O) groups is 2. The third-order valence-electron chi connectivity index (χ3n) is 3.40. The molecule has 1 aromatic heterocycles. The van der Waals surface area contributed by atoms with Crippen LogP contribution in [0, 0.1) is 0 Å². The molecule has 1 aliphatic rings. The maximum Gasteiger partial charge on any atom is 0.291 e. The molecule has 6 nitrogen and oxygen atoms in total. The minimum absolute atomic E-state index is 0.00945. The number of hydrogen-bond donors (Lipinski definition) is 1. The van der Waals surface area contributed by atoms with Gasteiger partial charge in [-0.1, -0.05) is 6.92 Å². The first-order valence-electron chi connectivity index (χ1n) is 7.22. The zero-order valence-electron chi connectivity index (χ0n) is 12.5. The molecule has 0 saturated carbocycles. The van der Waals surface area contributed by atoms with Crippen molar-refractivity contribution >= 4 is 39.1 Å². The Morgan fingerprint density at radius 2 is 2.17 bits per heavy atom. The second-order valence-corrected chi connectivity index (χ2v) is 5.86. The van der Waals surface area contributed by atoms with Crippen molar-refractivity contribution in [3.63, 3.8) is 0 Å². The minimum Gasteiger partial charge on any atom is -0.481 e. The monoisotopic (exact) mass is 378 g/mol. The van der Waals surface area contributed by atoms with Crippen LogP contribution in [0.4, 0.5) is 11.4 Å². The summed E-state index contributed by atoms with van der Waals surface area (Å²) < 4.78 is 11.2. The SMILES string of the molecule is CCCN1C(=O)COc2cc(NC(=O)c3ccc(Br)o3)ccc21. The van der Waals surface area contributed by atoms with Crippen LogP contribution in [-0.4, -0.2) is 25.0 Å². The number of furan rings is 1. The fourth-order valence-corrected chi connectivity index (χ4v) is 2.69. The number of nitrogens with zero attached hydrogens (tertiary/aromatic N) is 1. The van der Waals surface area contributed by atoms with E-state index < -0.39 is 0 Å². The number of ether oxygens (including phenoxy) is 1. The van der Waals surface area contributed by atoms with Crippen molar-refractivity contribution in [3.05, 3.63) is 40.8 Å². The summed E-state index contributed by atoms with van der Waals surface area (Å²) in [7, 11) is 0. The van der Waals surface area contributed by atoms with Gasteiger partial charge < -0.3 is 19.4 Å². The summed E-state index contributed by atoms with van der Waals surface area (Å²) in [4.78, 5) is 25.7. The van der Waals surface area contributed by atoms with Gasteiger partial charge in [0.25, 0.3) is 11.8 Å². The highest BCUT2D eigenvalue weighted by molar-refractivity contribution is 9.10. The molecule has 2 amide bonds. The van der Waals surface area contributed by atoms with Gasteiger partial charge in [-0.2, -0.15) is 0 Å². The van der Waals surface area contributed by atoms with Crippen molar-refractivity contribution in [1.82, 2.24) is 0 Å². The molecule has 0 aliphatic carbocycles. The van der Waals surface area contributed by atoms with Crippen LogP contribution < -0.4 is 15.0 Å². The Hall–Kier alpha value is -2.28. The predicted octanol–water partition coefficient (Wildman–Crippen LogP) is 3.43. The predicted molar refractivity (Wildman–Crippen MR) is 88.9 cm³/mol. The number of rotatable bonds is 4. The smallest absolute Gasteiger partial charge is 0.291 e. The Morgan fingerprint density at radius 3 is 2.87 bits per heavy atom. The summed E-state index contributed by atoms with van der Waals surface area (Å²) in [6.45, 7) is 2.66. The molecule has 0 saturated heterocycles. The van der Waals surface area contributed by atoms with Crippen molar-refractivity contribution in [2.24, 2.45) is 0 Å². The Labute approximate surface area is 141 Å². The van der Waals surface area contributed by atoms with Crippen LogP contribution in [-0.2, 0) is 4.79 Å². The van der Waals surface area contributed by atoms with E-state index in [1.807, 2.05) is 6.92 Å². The number of halogens is 1. The van der Waals surface area contributed by atoms with Crippen molar-refractivity contribution in [1.29, 1.82) is 0 Å². The van der Waals surface area contributed by atoms with E-state index in [2.05, 4.69) is 21.2 Å². The fourth-order valence-electron chi connectivity index (χ4n) is 2.38. The lowest BCUT2D eigenvalue weighted by Crippen LogP contribution is -2.39. The molecule has 120 valence electrons. The molecule has 3 rings (SSSR count). The normalized spacial score (nSPS) is 13.5. The van der Waals surface area contributed by atoms with Gasteiger partial charge in [-0.25, -0.2) is 0 Å². The van der Waals surface area contributed by atoms with E-state index in [-0.39, 0.29) is 24.2 Å². The Bertz CT molecular complexity index is 756. The van der Waals surface area contributed by atoms with E-state index in [0.29, 0.717) is 22.7 Å². The van der Waals surface area contributed by atoms with Gasteiger partial charge >= 0.3 is 0 Å². The number of carbonyl (C=O) groups excluding carboxylic acids is 2. The number of benzene rings is 1. The zero-order chi connectivity index (χ0) is 16.4. The van der Waals surface area contributed by atoms with Gasteiger partial charge in [0, 0.05) is 18.3 Å². The molecule has 0 fully saturated rings. The summed E-state index contributed by atoms with van der Waals surface area (Å²) in [5.41, 5.74) is 1.30. The molecular weight excluding hydrogens is 364 g/mol. The first kappa shape index (κ1) is 15.6. The third kappa shape index (κ3) is 3.24. The number of hydrogen-bond acceptors (Lipinski definition) is 4. The second kappa shape index (κ2) is 6.45. The maximum absolute atomic E-state index is 12.1. The molecule has 1 N–H and O–H groups in total. The van der Waals surface area contributed by atoms with E-state index in [4.69, 9.17) is 9.15 Å². The summed E-state index contributed by atoms with van der Waals surface area (Å²) >= 11 is 3.16. The molecule has 1 aliphatic heterocycles. The van der Waals surface area contributed by atoms with E-state index in [0.717, 1.165) is 12.1 Å². The largest absolute Gasteiger partial charge is 0.481 e. The lowest BCUT2D eigenvalue weighted by Gasteiger charge is -2.29. The van der Waals surface area contributed by atoms with E-state index in [9.17, 15) is 9.59 Å². The third-order valence-corrected chi connectivity index (χ3v) is 3.83. The molecule has 1 aromatic carbocycles. The molecule has 2 aromatic rings. The van der Waals surface area contributed by atoms with Crippen molar-refractivity contribution in [2.75, 3.05) is 23.4 Å². The van der Waals surface area contributed by atoms with Gasteiger partial charge in [0.15, 0.2) is 17.0 Å². The summed E-state index contributed by atoms with van der Waals surface area (Å²) in [5, 5.41) is 2.74. The molecule has 7 heteroatoms. The van der Waals surface area contributed by atoms with Crippen LogP contribution in [0.3, 0.4) is 0 Å². The van der Waals surface area contributed by atoms with Crippen molar-refractivity contribution in [2.45, 2.75) is 13.3 Å². The molecule has 0 spiro atoms. The van der Waals surface area contributed by atoms with Gasteiger partial charge in [0.1, 0.15) is 5.75 Å². The number of amides is 2. The van der Waals surface area contributed by atoms with Crippen molar-refractivity contribution < 1.29 is 18.7 Å². The lowest BCUT2D eigenvalue weighted by molar-refractivity contribution is -0.121. The first-order valence-corrected chi connectivity index (χ1v) is 8.01. The minimum atomic E-state index is -0.354. The quantitative estimate of drug-likeness (QED) is 0.884. The molecule has 23 heavy (non-hydrogen) atoms. The molecular formula is C16H15BrN2O4. The van der Waals surface area contributed by atoms with Crippen LogP contribution in [0.5, 0.6) is 5.75 Å². The second-order valence-electron chi connectivity index (χ2n) is 5.07. The molecule has 2 heterocycles. The van der Waals surface area contributed by atoms with Gasteiger partial charge in [-0.05, 0) is 46.6 Å². The fraction of sp³-hybridized carbons (Fsp3) is 0.250. The zero-order valence-corrected chi connectivity index (χ0v) is 14.1. The molecule has 0 unspecified atom stereocenters. The highest BCUT2D eigenvalue weighted by atomic mass is 79.9. The summed E-state index contributed by atoms with van der Waals surface area (Å²) in [6.07, 6.45) is 0.858. The lowest BCUT2D eigenvalue weighted by atomic mass is 10.2. The standard InChI is InChI=1S/C16H15BrN2O4/c1-2-7-19-11-4-3-10(8-13(11)22-9-15(19)20)18-16(21)12-5-6-14(17)23-12/h3-6,8H,2,7,9H2,1H3,(H,18,21). The van der Waals surface area contributed by atoms with Gasteiger partial charge in [-0.3, -0.25) is 9.59 Å². The van der Waals surface area contributed by atoms with Gasteiger partial charge in [0.05, 0.1) is 5.69 Å². The van der Waals surface area contributed by atoms with Crippen LogP contribution in [0.25, 0.3) is 0 Å². The van der Waals surface area contributed by atoms with Crippen LogP contribution in [0.1, 0.15) is 23.9 Å². The van der Waals surface area contributed by atoms with Gasteiger partial charge in [0.2, 0.25) is 0 Å². The van der Waals surface area contributed by atoms with Crippen LogP contribution >= 0.6 is 15.9 Å². The van der Waals surface area contributed by atoms with Crippen molar-refractivity contribution in [3.8, 4) is 5.75 Å². The highest BCUT2D eigenvalue weighted by Crippen LogP contribution is 2.34. The maximum atomic E-state index is 12.1. The molecule has 0 radical (unpaired) electrons. The Morgan fingerprint density at radius 1 is 1.35 bits per heavy atom. The number of fused-ring (bicyclic) bond motifs is 1. The summed E-state index contributed by atoms with van der Waals surface area (Å²) in [6, 6.07) is 8.45. The Kier molecular flexibility index (Phi) is 4.38. The topological polar surface area (TPSA) is 71.8 Å². The van der Waals surface area contributed by atoms with Crippen LogP contribution in [0.15, 0.2) is 39.4 Å². The van der Waals surface area contributed by atoms with E-state index in [1.54, 1.807) is 35.2 Å². The van der Waals surface area contributed by atoms with E-state index >= 15 is 0 Å². The van der Waals surface area contributed by atoms with Crippen LogP contribution in [0.2, 0.25) is 0 Å². The van der Waals surface area contributed by atoms with E-state index in [1.165, 1.54) is 0 Å². The Balaban J connectivity index is 1.81. The highest BCUT2D eigenvalue weighted by Gasteiger charge is 2.25. The summed E-state index contributed by atoms with van der Waals surface area (Å²) in [5.74, 6) is 0.374. The number of nitrogens with one attached hydrogen (secondary N) is 1. The first-order chi connectivity index (χ1) is 11.1. The average Bonchev–Trinajstić information content (AvgIpc) is 2.97. The average molecular weight is 379 g/mol.